The maximum absolute atomic E-state index is 12.6. The second kappa shape index (κ2) is 10.8. The van der Waals surface area contributed by atoms with Crippen LogP contribution in [0.5, 0.6) is 5.75 Å². The van der Waals surface area contributed by atoms with Crippen molar-refractivity contribution in [2.24, 2.45) is 0 Å². The zero-order chi connectivity index (χ0) is 22.3. The highest BCUT2D eigenvalue weighted by Gasteiger charge is 2.16. The Bertz CT molecular complexity index is 993. The quantitative estimate of drug-likeness (QED) is 0.587. The van der Waals surface area contributed by atoms with Crippen LogP contribution in [0.4, 0.5) is 5.69 Å². The molecule has 1 amide bonds. The third-order valence-electron chi connectivity index (χ3n) is 4.77. The lowest BCUT2D eigenvalue weighted by atomic mass is 10.2. The van der Waals surface area contributed by atoms with Crippen LogP contribution in [0.1, 0.15) is 5.56 Å². The summed E-state index contributed by atoms with van der Waals surface area (Å²) in [5, 5.41) is 3.34. The van der Waals surface area contributed by atoms with Gasteiger partial charge >= 0.3 is 0 Å². The van der Waals surface area contributed by atoms with Gasteiger partial charge in [-0.25, -0.2) is 8.42 Å². The molecule has 0 radical (unpaired) electrons. The number of ether oxygens (including phenoxy) is 2. The first-order valence-electron chi connectivity index (χ1n) is 9.92. The van der Waals surface area contributed by atoms with Gasteiger partial charge in [-0.3, -0.25) is 14.4 Å². The standard InChI is InChI=1S/C21H26ClN3O5S/c1-16-14-19(31(27,28)24-18-4-2-17(22)3-5-18)6-7-20(16)30-15-21(26)23-8-9-25-10-12-29-13-11-25/h2-7,14,24H,8-13,15H2,1H3,(H,23,26). The maximum Gasteiger partial charge on any atom is 0.261 e. The predicted molar refractivity (Wildman–Crippen MR) is 119 cm³/mol. The van der Waals surface area contributed by atoms with E-state index in [9.17, 15) is 13.2 Å². The Morgan fingerprint density at radius 3 is 2.55 bits per heavy atom. The van der Waals surface area contributed by atoms with E-state index in [1.807, 2.05) is 0 Å². The summed E-state index contributed by atoms with van der Waals surface area (Å²) in [4.78, 5) is 14.4. The van der Waals surface area contributed by atoms with Gasteiger partial charge in [-0.15, -0.1) is 0 Å². The van der Waals surface area contributed by atoms with Gasteiger partial charge in [0.2, 0.25) is 0 Å². The van der Waals surface area contributed by atoms with Gasteiger partial charge < -0.3 is 14.8 Å². The number of nitrogens with one attached hydrogen (secondary N) is 2. The monoisotopic (exact) mass is 467 g/mol. The smallest absolute Gasteiger partial charge is 0.261 e. The summed E-state index contributed by atoms with van der Waals surface area (Å²) in [6.45, 7) is 6.07. The number of benzene rings is 2. The molecule has 31 heavy (non-hydrogen) atoms. The van der Waals surface area contributed by atoms with Gasteiger partial charge in [0.25, 0.3) is 15.9 Å². The topological polar surface area (TPSA) is 97.0 Å². The molecule has 0 atom stereocenters. The number of sulfonamides is 1. The highest BCUT2D eigenvalue weighted by molar-refractivity contribution is 7.92. The molecule has 0 unspecified atom stereocenters. The molecule has 1 heterocycles. The minimum absolute atomic E-state index is 0.0993. The molecule has 1 aliphatic rings. The number of amides is 1. The molecule has 2 aromatic rings. The van der Waals surface area contributed by atoms with Gasteiger partial charge in [-0.1, -0.05) is 11.6 Å². The fourth-order valence-corrected chi connectivity index (χ4v) is 4.32. The van der Waals surface area contributed by atoms with E-state index in [1.165, 1.54) is 12.1 Å². The number of morpholine rings is 1. The van der Waals surface area contributed by atoms with Crippen LogP contribution >= 0.6 is 11.6 Å². The lowest BCUT2D eigenvalue weighted by Crippen LogP contribution is -2.42. The first-order chi connectivity index (χ1) is 14.8. The molecule has 3 rings (SSSR count). The van der Waals surface area contributed by atoms with Crippen molar-refractivity contribution in [1.82, 2.24) is 10.2 Å². The summed E-state index contributed by atoms with van der Waals surface area (Å²) in [7, 11) is -3.76. The highest BCUT2D eigenvalue weighted by atomic mass is 35.5. The Labute approximate surface area is 187 Å². The maximum atomic E-state index is 12.6. The molecule has 1 fully saturated rings. The molecule has 168 valence electrons. The summed E-state index contributed by atoms with van der Waals surface area (Å²) in [6.07, 6.45) is 0. The van der Waals surface area contributed by atoms with Gasteiger partial charge in [-0.05, 0) is 55.0 Å². The van der Waals surface area contributed by atoms with Gasteiger partial charge in [0.05, 0.1) is 18.1 Å². The Hall–Kier alpha value is -2.33. The van der Waals surface area contributed by atoms with Gasteiger partial charge in [0.1, 0.15) is 5.75 Å². The fraction of sp³-hybridized carbons (Fsp3) is 0.381. The summed E-state index contributed by atoms with van der Waals surface area (Å²) in [6, 6.07) is 10.9. The lowest BCUT2D eigenvalue weighted by molar-refractivity contribution is -0.123. The first kappa shape index (κ1) is 23.3. The largest absolute Gasteiger partial charge is 0.484 e. The van der Waals surface area contributed by atoms with Crippen molar-refractivity contribution in [3.05, 3.63) is 53.1 Å². The lowest BCUT2D eigenvalue weighted by Gasteiger charge is -2.26. The Morgan fingerprint density at radius 2 is 1.87 bits per heavy atom. The van der Waals surface area contributed by atoms with Gasteiger partial charge in [0, 0.05) is 36.9 Å². The van der Waals surface area contributed by atoms with Crippen LogP contribution in [0.15, 0.2) is 47.4 Å². The van der Waals surface area contributed by atoms with E-state index in [-0.39, 0.29) is 17.4 Å². The van der Waals surface area contributed by atoms with Crippen LogP contribution in [0, 0.1) is 6.92 Å². The molecule has 8 nitrogen and oxygen atoms in total. The molecule has 2 aromatic carbocycles. The van der Waals surface area contributed by atoms with E-state index < -0.39 is 10.0 Å². The van der Waals surface area contributed by atoms with Crippen molar-refractivity contribution in [3.63, 3.8) is 0 Å². The average molecular weight is 468 g/mol. The first-order valence-corrected chi connectivity index (χ1v) is 11.8. The van der Waals surface area contributed by atoms with Crippen LogP contribution in [0.25, 0.3) is 0 Å². The number of nitrogens with zero attached hydrogens (tertiary/aromatic N) is 1. The summed E-state index contributed by atoms with van der Waals surface area (Å²) in [5.41, 5.74) is 1.02. The van der Waals surface area contributed by atoms with Crippen LogP contribution in [-0.4, -0.2) is 65.2 Å². The van der Waals surface area contributed by atoms with Gasteiger partial charge in [-0.2, -0.15) is 0 Å². The van der Waals surface area contributed by atoms with E-state index in [1.54, 1.807) is 37.3 Å². The molecule has 10 heteroatoms. The number of carbonyl (C=O) groups excluding carboxylic acids is 1. The zero-order valence-corrected chi connectivity index (χ0v) is 18.8. The number of hydrogen-bond acceptors (Lipinski definition) is 6. The van der Waals surface area contributed by atoms with Crippen LogP contribution in [0.3, 0.4) is 0 Å². The number of aryl methyl sites for hydroxylation is 1. The molecule has 1 aliphatic heterocycles. The molecule has 0 saturated carbocycles. The Morgan fingerprint density at radius 1 is 1.16 bits per heavy atom. The minimum Gasteiger partial charge on any atom is -0.484 e. The van der Waals surface area contributed by atoms with E-state index in [0.717, 1.165) is 32.8 Å². The molecule has 0 spiro atoms. The second-order valence-electron chi connectivity index (χ2n) is 7.13. The molecule has 1 saturated heterocycles. The number of rotatable bonds is 9. The number of carbonyl (C=O) groups is 1. The molecule has 0 aliphatic carbocycles. The fourth-order valence-electron chi connectivity index (χ4n) is 3.06. The van der Waals surface area contributed by atoms with Crippen LogP contribution < -0.4 is 14.8 Å². The third kappa shape index (κ3) is 7.10. The SMILES string of the molecule is Cc1cc(S(=O)(=O)Nc2ccc(Cl)cc2)ccc1OCC(=O)NCCN1CCOCC1. The summed E-state index contributed by atoms with van der Waals surface area (Å²) in [5.74, 6) is 0.225. The molecule has 0 bridgehead atoms. The molecular formula is C21H26ClN3O5S. The third-order valence-corrected chi connectivity index (χ3v) is 6.40. The van der Waals surface area contributed by atoms with E-state index in [4.69, 9.17) is 21.1 Å². The van der Waals surface area contributed by atoms with Crippen molar-refractivity contribution >= 4 is 33.2 Å². The number of halogens is 1. The zero-order valence-electron chi connectivity index (χ0n) is 17.3. The van der Waals surface area contributed by atoms with Crippen LogP contribution in [0.2, 0.25) is 5.02 Å². The van der Waals surface area contributed by atoms with Crippen molar-refractivity contribution in [3.8, 4) is 5.75 Å². The van der Waals surface area contributed by atoms with Crippen molar-refractivity contribution < 1.29 is 22.7 Å². The van der Waals surface area contributed by atoms with Crippen molar-refractivity contribution in [2.75, 3.05) is 50.7 Å². The minimum atomic E-state index is -3.76. The predicted octanol–water partition coefficient (Wildman–Crippen LogP) is 2.28. The normalized spacial score (nSPS) is 14.8. The molecular weight excluding hydrogens is 442 g/mol. The highest BCUT2D eigenvalue weighted by Crippen LogP contribution is 2.24. The van der Waals surface area contributed by atoms with Crippen LogP contribution in [-0.2, 0) is 19.6 Å². The Balaban J connectivity index is 1.50. The average Bonchev–Trinajstić information content (AvgIpc) is 2.75. The van der Waals surface area contributed by atoms with Gasteiger partial charge in [0.15, 0.2) is 6.61 Å². The van der Waals surface area contributed by atoms with Crippen molar-refractivity contribution in [2.45, 2.75) is 11.8 Å². The summed E-state index contributed by atoms with van der Waals surface area (Å²) >= 11 is 5.83. The second-order valence-corrected chi connectivity index (χ2v) is 9.25. The number of anilines is 1. The van der Waals surface area contributed by atoms with E-state index in [0.29, 0.717) is 28.6 Å². The summed E-state index contributed by atoms with van der Waals surface area (Å²) < 4.78 is 38.6. The van der Waals surface area contributed by atoms with Crippen molar-refractivity contribution in [1.29, 1.82) is 0 Å². The van der Waals surface area contributed by atoms with E-state index in [2.05, 4.69) is 14.9 Å². The molecule has 2 N–H and O–H groups in total. The van der Waals surface area contributed by atoms with E-state index >= 15 is 0 Å². The Kier molecular flexibility index (Phi) is 8.14. The number of hydrogen-bond donors (Lipinski definition) is 2. The molecule has 0 aromatic heterocycles.